The molecule has 2 fully saturated rings. The number of thiol groups is 1. The first-order valence-corrected chi connectivity index (χ1v) is 18.6. The first-order valence-electron chi connectivity index (χ1n) is 17.7. The predicted octanol–water partition coefficient (Wildman–Crippen LogP) is 5.48. The molecule has 52 heavy (non-hydrogen) atoms. The van der Waals surface area contributed by atoms with Crippen LogP contribution < -0.4 is 15.0 Å². The number of carbonyl (C=O) groups excluding carboxylic acids is 4. The van der Waals surface area contributed by atoms with Crippen LogP contribution in [0.25, 0.3) is 0 Å². The van der Waals surface area contributed by atoms with Gasteiger partial charge in [-0.3, -0.25) is 14.9 Å². The summed E-state index contributed by atoms with van der Waals surface area (Å²) in [5.74, 6) is -1.28. The van der Waals surface area contributed by atoms with Crippen molar-refractivity contribution >= 4 is 53.8 Å². The van der Waals surface area contributed by atoms with Gasteiger partial charge in [0.15, 0.2) is 5.72 Å². The molecule has 1 aromatic rings. The molecule has 3 amide bonds. The topological polar surface area (TPSA) is 144 Å². The highest BCUT2D eigenvalue weighted by Crippen LogP contribution is 2.61. The standard InChI is InChI=1S/C38H54ClN3O9S/c1-21-11-10-12-30(49-9)38(47)20-29(50-36(46)40-38)23(3)26-19-37(26,5)31(51-35(45)24(4)41(6)32(43)14-13-22(2)52)18-33(44)42(7)27-16-25(15-21)17-28(48-8)34(27)39/h10-12,16-17,22-24,26,29-31,47,52H,13-15,18-20H2,1-9H3,(H,40,46)/b12-10+,21-11+/t22?,23-,24-,26-,29?,30+,31-,37+,38-/m0/s1. The number of esters is 1. The summed E-state index contributed by atoms with van der Waals surface area (Å²) in [5.41, 5.74) is -0.268. The lowest BCUT2D eigenvalue weighted by molar-refractivity contribution is -0.163. The predicted molar refractivity (Wildman–Crippen MR) is 202 cm³/mol. The van der Waals surface area contributed by atoms with E-state index in [1.54, 1.807) is 33.2 Å². The molecule has 0 spiro atoms. The van der Waals surface area contributed by atoms with Crippen molar-refractivity contribution in [2.24, 2.45) is 17.3 Å². The Balaban J connectivity index is 1.75. The molecule has 0 radical (unpaired) electrons. The van der Waals surface area contributed by atoms with Gasteiger partial charge in [0.25, 0.3) is 0 Å². The number of aliphatic hydroxyl groups is 1. The number of halogens is 1. The van der Waals surface area contributed by atoms with Gasteiger partial charge in [0.1, 0.15) is 35.1 Å². The monoisotopic (exact) mass is 763 g/mol. The Labute approximate surface area is 317 Å². The smallest absolute Gasteiger partial charge is 0.409 e. The fourth-order valence-corrected chi connectivity index (χ4v) is 7.72. The molecule has 2 N–H and O–H groups in total. The molecule has 2 aliphatic heterocycles. The lowest BCUT2D eigenvalue weighted by Crippen LogP contribution is -2.63. The largest absolute Gasteiger partial charge is 0.495 e. The summed E-state index contributed by atoms with van der Waals surface area (Å²) < 4.78 is 23.2. The van der Waals surface area contributed by atoms with Crippen molar-refractivity contribution in [2.45, 2.75) is 108 Å². The van der Waals surface area contributed by atoms with Gasteiger partial charge in [-0.1, -0.05) is 56.2 Å². The summed E-state index contributed by atoms with van der Waals surface area (Å²) in [5, 5.41) is 14.6. The number of anilines is 1. The maximum atomic E-state index is 14.2. The van der Waals surface area contributed by atoms with Crippen molar-refractivity contribution in [3.8, 4) is 5.75 Å². The second-order valence-corrected chi connectivity index (χ2v) is 16.1. The van der Waals surface area contributed by atoms with Crippen LogP contribution in [-0.2, 0) is 35.0 Å². The number of nitrogens with one attached hydrogen (secondary N) is 1. The minimum absolute atomic E-state index is 0.0229. The number of amides is 3. The molecule has 1 aromatic carbocycles. The Kier molecular flexibility index (Phi) is 13.4. The molecular formula is C38H54ClN3O9S. The molecule has 288 valence electrons. The van der Waals surface area contributed by atoms with Gasteiger partial charge in [0.05, 0.1) is 19.2 Å². The highest BCUT2D eigenvalue weighted by molar-refractivity contribution is 7.80. The van der Waals surface area contributed by atoms with E-state index in [9.17, 15) is 24.3 Å². The molecule has 3 aliphatic rings. The summed E-state index contributed by atoms with van der Waals surface area (Å²) >= 11 is 11.1. The number of methoxy groups -OCH3 is 2. The van der Waals surface area contributed by atoms with E-state index in [0.717, 1.165) is 11.1 Å². The maximum absolute atomic E-state index is 14.2. The van der Waals surface area contributed by atoms with Crippen LogP contribution in [0.2, 0.25) is 5.02 Å². The van der Waals surface area contributed by atoms with E-state index >= 15 is 0 Å². The van der Waals surface area contributed by atoms with Crippen molar-refractivity contribution in [3.05, 3.63) is 46.5 Å². The third-order valence-electron chi connectivity index (χ3n) is 11.0. The van der Waals surface area contributed by atoms with Crippen LogP contribution in [0.3, 0.4) is 0 Å². The molecule has 9 atom stereocenters. The lowest BCUT2D eigenvalue weighted by atomic mass is 9.83. The van der Waals surface area contributed by atoms with Gasteiger partial charge in [0.2, 0.25) is 11.8 Å². The Bertz CT molecular complexity index is 1590. The summed E-state index contributed by atoms with van der Waals surface area (Å²) in [6.45, 7) is 9.30. The number of hydrogen-bond donors (Lipinski definition) is 3. The maximum Gasteiger partial charge on any atom is 0.409 e. The molecule has 2 heterocycles. The summed E-state index contributed by atoms with van der Waals surface area (Å²) in [7, 11) is 6.13. The molecule has 1 saturated heterocycles. The molecule has 0 aromatic heterocycles. The van der Waals surface area contributed by atoms with Gasteiger partial charge in [-0.2, -0.15) is 12.6 Å². The number of allylic oxidation sites excluding steroid dienone is 3. The molecule has 14 heteroatoms. The van der Waals surface area contributed by atoms with Crippen LogP contribution in [-0.4, -0.2) is 97.5 Å². The van der Waals surface area contributed by atoms with Crippen LogP contribution in [0.1, 0.15) is 72.3 Å². The van der Waals surface area contributed by atoms with Crippen molar-refractivity contribution in [1.29, 1.82) is 0 Å². The second kappa shape index (κ2) is 16.8. The highest BCUT2D eigenvalue weighted by Gasteiger charge is 2.62. The van der Waals surface area contributed by atoms with E-state index in [4.69, 9.17) is 30.5 Å². The molecular weight excluding hydrogens is 710 g/mol. The number of rotatable bonds is 8. The van der Waals surface area contributed by atoms with Gasteiger partial charge in [-0.05, 0) is 67.9 Å². The number of ether oxygens (including phenoxy) is 4. The van der Waals surface area contributed by atoms with E-state index in [0.29, 0.717) is 30.7 Å². The van der Waals surface area contributed by atoms with Gasteiger partial charge in [0, 0.05) is 39.5 Å². The Morgan fingerprint density at radius 3 is 2.56 bits per heavy atom. The molecule has 4 bridgehead atoms. The summed E-state index contributed by atoms with van der Waals surface area (Å²) in [4.78, 5) is 56.5. The van der Waals surface area contributed by atoms with Gasteiger partial charge < -0.3 is 33.9 Å². The Hall–Kier alpha value is -3.26. The zero-order valence-corrected chi connectivity index (χ0v) is 33.3. The van der Waals surface area contributed by atoms with Gasteiger partial charge >= 0.3 is 12.1 Å². The van der Waals surface area contributed by atoms with Gasteiger partial charge in [-0.25, -0.2) is 9.59 Å². The average molecular weight is 764 g/mol. The number of alkyl carbamates (subject to hydrolysis) is 1. The van der Waals surface area contributed by atoms with Crippen molar-refractivity contribution < 1.29 is 43.2 Å². The van der Waals surface area contributed by atoms with E-state index in [1.165, 1.54) is 24.0 Å². The first kappa shape index (κ1) is 41.5. The second-order valence-electron chi connectivity index (χ2n) is 14.9. The number of nitrogens with zero attached hydrogens (tertiary/aromatic N) is 2. The number of fused-ring (bicyclic) bond motifs is 5. The quantitative estimate of drug-likeness (QED) is 0.232. The minimum Gasteiger partial charge on any atom is -0.495 e. The van der Waals surface area contributed by atoms with Gasteiger partial charge in [-0.15, -0.1) is 0 Å². The number of hydrogen-bond acceptors (Lipinski definition) is 10. The molecule has 1 aliphatic carbocycles. The molecule has 4 rings (SSSR count). The minimum atomic E-state index is -1.77. The fraction of sp³-hybridized carbons (Fsp3) is 0.632. The van der Waals surface area contributed by atoms with Crippen LogP contribution in [0.5, 0.6) is 5.75 Å². The zero-order chi connectivity index (χ0) is 38.7. The van der Waals surface area contributed by atoms with Crippen molar-refractivity contribution in [1.82, 2.24) is 10.2 Å². The van der Waals surface area contributed by atoms with E-state index in [1.807, 2.05) is 45.9 Å². The third-order valence-corrected chi connectivity index (χ3v) is 11.6. The summed E-state index contributed by atoms with van der Waals surface area (Å²) in [6, 6.07) is 2.72. The molecule has 12 nitrogen and oxygen atoms in total. The van der Waals surface area contributed by atoms with Crippen LogP contribution >= 0.6 is 24.2 Å². The fourth-order valence-electron chi connectivity index (χ4n) is 7.28. The van der Waals surface area contributed by atoms with E-state index in [2.05, 4.69) is 17.9 Å². The average Bonchev–Trinajstić information content (AvgIpc) is 3.79. The van der Waals surface area contributed by atoms with Crippen LogP contribution in [0, 0.1) is 17.3 Å². The highest BCUT2D eigenvalue weighted by atomic mass is 35.5. The number of benzene rings is 1. The molecule has 1 saturated carbocycles. The van der Waals surface area contributed by atoms with Crippen LogP contribution in [0.4, 0.5) is 10.5 Å². The normalized spacial score (nSPS) is 32.2. The van der Waals surface area contributed by atoms with Crippen molar-refractivity contribution in [2.75, 3.05) is 33.2 Å². The Morgan fingerprint density at radius 1 is 1.23 bits per heavy atom. The van der Waals surface area contributed by atoms with Crippen molar-refractivity contribution in [3.63, 3.8) is 0 Å². The Morgan fingerprint density at radius 2 is 1.92 bits per heavy atom. The number of likely N-dealkylation sites (N-methyl/N-ethyl adjacent to an activating group) is 1. The van der Waals surface area contributed by atoms with E-state index < -0.39 is 47.6 Å². The molecule has 2 unspecified atom stereocenters. The first-order chi connectivity index (χ1) is 24.3. The van der Waals surface area contributed by atoms with Crippen LogP contribution in [0.15, 0.2) is 35.9 Å². The third kappa shape index (κ3) is 9.26. The summed E-state index contributed by atoms with van der Waals surface area (Å²) in [6.07, 6.45) is 3.69. The zero-order valence-electron chi connectivity index (χ0n) is 31.6. The lowest BCUT2D eigenvalue weighted by Gasteiger charge is -2.42. The SMILES string of the molecule is COc1cc2cc(c1Cl)N(C)C(=O)C[C@H](OC(=O)[C@H](C)N(C)C(=O)CCC(C)S)[C@]1(C)C[C@H]1[C@H](C)C1C[C@@](O)(NC(=O)O1)[C@H](OC)/C=C/C=C(\C)C2. The van der Waals surface area contributed by atoms with E-state index in [-0.39, 0.29) is 53.2 Å². The number of carbonyl (C=O) groups is 4.